The molecule has 1 saturated heterocycles. The van der Waals surface area contributed by atoms with Crippen LogP contribution in [-0.4, -0.2) is 50.2 Å². The molecule has 3 heterocycles. The number of nitrogens with two attached hydrogens (primary N) is 1. The fraction of sp³-hybridized carbons (Fsp3) is 0.611. The highest BCUT2D eigenvalue weighted by Crippen LogP contribution is 2.40. The van der Waals surface area contributed by atoms with Crippen LogP contribution in [-0.2, 0) is 6.54 Å². The van der Waals surface area contributed by atoms with Gasteiger partial charge in [-0.3, -0.25) is 0 Å². The zero-order valence-electron chi connectivity index (χ0n) is 15.9. The summed E-state index contributed by atoms with van der Waals surface area (Å²) in [5.74, 6) is -2.75. The third-order valence-electron chi connectivity index (χ3n) is 5.76. The number of carbonyl (C=O) groups excluding carboxylic acids is 1. The summed E-state index contributed by atoms with van der Waals surface area (Å²) in [5.41, 5.74) is 7.71. The lowest BCUT2D eigenvalue weighted by atomic mass is 9.81. The first-order chi connectivity index (χ1) is 14.0. The summed E-state index contributed by atoms with van der Waals surface area (Å²) in [6.45, 7) is -0.530. The molecule has 12 heteroatoms. The number of urea groups is 1. The lowest BCUT2D eigenvalue weighted by Gasteiger charge is -2.31. The Bertz CT molecular complexity index is 935. The summed E-state index contributed by atoms with van der Waals surface area (Å²) in [5, 5.41) is 6.10. The molecule has 7 nitrogen and oxygen atoms in total. The molecule has 0 spiro atoms. The van der Waals surface area contributed by atoms with Crippen LogP contribution < -0.4 is 11.1 Å². The maximum atomic E-state index is 13.4. The van der Waals surface area contributed by atoms with Crippen LogP contribution in [0.25, 0.3) is 5.65 Å². The van der Waals surface area contributed by atoms with E-state index in [1.54, 1.807) is 12.3 Å². The molecule has 0 unspecified atom stereocenters. The zero-order chi connectivity index (χ0) is 21.7. The number of aromatic nitrogens is 3. The molecule has 0 radical (unpaired) electrons. The van der Waals surface area contributed by atoms with Crippen molar-refractivity contribution in [2.45, 2.75) is 56.4 Å². The molecule has 3 N–H and O–H groups in total. The molecule has 4 rings (SSSR count). The number of alkyl halides is 5. The number of hydrogen-bond donors (Lipinski definition) is 2. The first kappa shape index (κ1) is 20.8. The fourth-order valence-electron chi connectivity index (χ4n) is 3.98. The second-order valence-corrected chi connectivity index (χ2v) is 7.98. The molecule has 2 atom stereocenters. The SMILES string of the molecule is N[C@H](c1cn2ncc(CN3C[C@@H](C(F)(F)F)NC3=O)cc2n1)C1CCC(F)(F)CC1. The van der Waals surface area contributed by atoms with Crippen LogP contribution in [0.5, 0.6) is 0 Å². The van der Waals surface area contributed by atoms with Crippen molar-refractivity contribution in [2.24, 2.45) is 11.7 Å². The number of rotatable bonds is 4. The van der Waals surface area contributed by atoms with E-state index >= 15 is 0 Å². The summed E-state index contributed by atoms with van der Waals surface area (Å²) >= 11 is 0. The molecule has 164 valence electrons. The van der Waals surface area contributed by atoms with E-state index in [2.05, 4.69) is 10.1 Å². The Morgan fingerprint density at radius 2 is 2.00 bits per heavy atom. The zero-order valence-corrected chi connectivity index (χ0v) is 15.9. The van der Waals surface area contributed by atoms with Crippen molar-refractivity contribution in [1.29, 1.82) is 0 Å². The lowest BCUT2D eigenvalue weighted by molar-refractivity contribution is -0.149. The highest BCUT2D eigenvalue weighted by atomic mass is 19.4. The predicted octanol–water partition coefficient (Wildman–Crippen LogP) is 3.01. The summed E-state index contributed by atoms with van der Waals surface area (Å²) in [6, 6.07) is -1.59. The fourth-order valence-corrected chi connectivity index (χ4v) is 3.98. The predicted molar refractivity (Wildman–Crippen MR) is 95.6 cm³/mol. The Labute approximate surface area is 168 Å². The molecule has 2 aliphatic rings. The molecule has 1 aliphatic carbocycles. The first-order valence-electron chi connectivity index (χ1n) is 9.62. The highest BCUT2D eigenvalue weighted by molar-refractivity contribution is 5.77. The molecular formula is C18H21F5N6O. The van der Waals surface area contributed by atoms with Gasteiger partial charge in [0.2, 0.25) is 5.92 Å². The van der Waals surface area contributed by atoms with Crippen molar-refractivity contribution in [1.82, 2.24) is 24.8 Å². The van der Waals surface area contributed by atoms with E-state index in [1.165, 1.54) is 10.7 Å². The second kappa shape index (κ2) is 7.33. The Morgan fingerprint density at radius 3 is 2.63 bits per heavy atom. The smallest absolute Gasteiger partial charge is 0.324 e. The van der Waals surface area contributed by atoms with Gasteiger partial charge in [0.05, 0.1) is 30.7 Å². The number of imidazole rings is 1. The molecule has 30 heavy (non-hydrogen) atoms. The number of amides is 2. The van der Waals surface area contributed by atoms with Gasteiger partial charge in [0.25, 0.3) is 0 Å². The van der Waals surface area contributed by atoms with E-state index in [0.717, 1.165) is 4.90 Å². The van der Waals surface area contributed by atoms with E-state index in [1.807, 2.05) is 5.32 Å². The number of carbonyl (C=O) groups is 1. The van der Waals surface area contributed by atoms with Crippen LogP contribution in [0.2, 0.25) is 0 Å². The first-order valence-corrected chi connectivity index (χ1v) is 9.62. The Balaban J connectivity index is 1.46. The minimum absolute atomic E-state index is 0.0478. The van der Waals surface area contributed by atoms with Gasteiger partial charge in [0.15, 0.2) is 5.65 Å². The van der Waals surface area contributed by atoms with E-state index in [9.17, 15) is 26.7 Å². The number of fused-ring (bicyclic) bond motifs is 1. The van der Waals surface area contributed by atoms with Gasteiger partial charge in [0, 0.05) is 19.4 Å². The van der Waals surface area contributed by atoms with E-state index in [0.29, 0.717) is 29.7 Å². The molecule has 2 amide bonds. The average Bonchev–Trinajstić information content (AvgIpc) is 3.24. The van der Waals surface area contributed by atoms with E-state index < -0.39 is 36.8 Å². The van der Waals surface area contributed by atoms with Crippen LogP contribution in [0.3, 0.4) is 0 Å². The molecular weight excluding hydrogens is 411 g/mol. The van der Waals surface area contributed by atoms with Crippen molar-refractivity contribution in [2.75, 3.05) is 6.54 Å². The molecule has 0 aromatic carbocycles. The Hall–Kier alpha value is -2.50. The standard InChI is InChI=1S/C18H21F5N6O/c19-17(20)3-1-11(2-4-17)15(24)12-8-29-14(26-12)5-10(6-25-29)7-28-9-13(18(21,22)23)27-16(28)30/h5-6,8,11,13,15H,1-4,7,9,24H2,(H,27,30)/t13-,15-/m0/s1. The minimum Gasteiger partial charge on any atom is -0.324 e. The van der Waals surface area contributed by atoms with Crippen LogP contribution in [0, 0.1) is 5.92 Å². The van der Waals surface area contributed by atoms with Crippen molar-refractivity contribution in [3.63, 3.8) is 0 Å². The Kier molecular flexibility index (Phi) is 5.07. The van der Waals surface area contributed by atoms with Gasteiger partial charge in [0.1, 0.15) is 6.04 Å². The van der Waals surface area contributed by atoms with Crippen molar-refractivity contribution in [3.8, 4) is 0 Å². The van der Waals surface area contributed by atoms with Crippen LogP contribution >= 0.6 is 0 Å². The third kappa shape index (κ3) is 4.18. The van der Waals surface area contributed by atoms with Gasteiger partial charge in [-0.25, -0.2) is 23.1 Å². The number of nitrogens with zero attached hydrogens (tertiary/aromatic N) is 4. The highest BCUT2D eigenvalue weighted by Gasteiger charge is 2.46. The summed E-state index contributed by atoms with van der Waals surface area (Å²) in [4.78, 5) is 17.3. The van der Waals surface area contributed by atoms with Crippen LogP contribution in [0.1, 0.15) is 43.0 Å². The largest absolute Gasteiger partial charge is 0.410 e. The van der Waals surface area contributed by atoms with Gasteiger partial charge >= 0.3 is 12.2 Å². The van der Waals surface area contributed by atoms with Gasteiger partial charge in [-0.2, -0.15) is 18.3 Å². The summed E-state index contributed by atoms with van der Waals surface area (Å²) in [6.07, 6.45) is -1.21. The molecule has 0 bridgehead atoms. The van der Waals surface area contributed by atoms with Gasteiger partial charge in [-0.15, -0.1) is 0 Å². The Morgan fingerprint density at radius 1 is 1.30 bits per heavy atom. The van der Waals surface area contributed by atoms with Crippen molar-refractivity contribution < 1.29 is 26.7 Å². The van der Waals surface area contributed by atoms with Gasteiger partial charge in [-0.05, 0) is 30.4 Å². The maximum absolute atomic E-state index is 13.4. The second-order valence-electron chi connectivity index (χ2n) is 7.98. The summed E-state index contributed by atoms with van der Waals surface area (Å²) < 4.78 is 66.6. The number of hydrogen-bond acceptors (Lipinski definition) is 4. The van der Waals surface area contributed by atoms with Crippen molar-refractivity contribution >= 4 is 11.7 Å². The van der Waals surface area contributed by atoms with Crippen molar-refractivity contribution in [3.05, 3.63) is 29.7 Å². The van der Waals surface area contributed by atoms with E-state index in [4.69, 9.17) is 5.73 Å². The minimum atomic E-state index is -4.51. The van der Waals surface area contributed by atoms with Gasteiger partial charge in [-0.1, -0.05) is 0 Å². The maximum Gasteiger partial charge on any atom is 0.410 e. The molecule has 2 aromatic heterocycles. The normalized spacial score (nSPS) is 23.7. The molecule has 2 aromatic rings. The average molecular weight is 432 g/mol. The number of nitrogens with one attached hydrogen (secondary N) is 1. The topological polar surface area (TPSA) is 88.5 Å². The van der Waals surface area contributed by atoms with Crippen LogP contribution in [0.4, 0.5) is 26.7 Å². The molecule has 1 aliphatic heterocycles. The monoisotopic (exact) mass is 432 g/mol. The lowest BCUT2D eigenvalue weighted by Crippen LogP contribution is -2.40. The van der Waals surface area contributed by atoms with E-state index in [-0.39, 0.29) is 25.3 Å². The quantitative estimate of drug-likeness (QED) is 0.727. The molecule has 2 fully saturated rings. The third-order valence-corrected chi connectivity index (χ3v) is 5.76. The summed E-state index contributed by atoms with van der Waals surface area (Å²) in [7, 11) is 0. The molecule has 1 saturated carbocycles. The number of halogens is 5. The van der Waals surface area contributed by atoms with Crippen LogP contribution in [0.15, 0.2) is 18.5 Å². The van der Waals surface area contributed by atoms with Gasteiger partial charge < -0.3 is 16.0 Å².